The molecule has 6 heterocycles. The van der Waals surface area contributed by atoms with E-state index >= 15 is 0 Å². The van der Waals surface area contributed by atoms with Gasteiger partial charge in [-0.15, -0.1) is 0 Å². The molecular weight excluding hydrogens is 867 g/mol. The molecule has 10 rings (SSSR count). The van der Waals surface area contributed by atoms with E-state index in [1.54, 1.807) is 53.6 Å². The second-order valence-corrected chi connectivity index (χ2v) is 14.4. The molecule has 0 aliphatic carbocycles. The standard InChI is InChI=1S/C20H15ClN4O.C13H10ClN3.C13H11N3.2CO2/c1-13-18-11-14(20(26)23-16-9-7-15(21)8-10-16)12-22-19(18)25(24-13)17-5-3-2-4-6-17;1-9-12-11(14)7-8-15-13(12)17(16-9)10-5-3-2-4-6-10;1-10-12-8-5-9-14-13(12)16(15-10)11-6-3-2-4-7-11;2*2-1-3/h2-12H,1H3,(H,23,26);2-8H,1H3;2-9H,1H3;;. The van der Waals surface area contributed by atoms with Crippen LogP contribution in [0.1, 0.15) is 27.4 Å². The highest BCUT2D eigenvalue weighted by Crippen LogP contribution is 2.27. The fraction of sp³-hybridized carbons (Fsp3) is 0.0625. The maximum atomic E-state index is 12.5. The number of aryl methyl sites for hydroxylation is 3. The van der Waals surface area contributed by atoms with Crippen LogP contribution in [0.25, 0.3) is 50.2 Å². The molecule has 4 aromatic carbocycles. The minimum atomic E-state index is -0.228. The predicted octanol–water partition coefficient (Wildman–Crippen LogP) is 9.58. The molecule has 1 N–H and O–H groups in total. The number of nitrogens with one attached hydrogen (secondary N) is 1. The summed E-state index contributed by atoms with van der Waals surface area (Å²) >= 11 is 12.0. The van der Waals surface area contributed by atoms with Crippen molar-refractivity contribution in [1.82, 2.24) is 44.3 Å². The van der Waals surface area contributed by atoms with Gasteiger partial charge in [-0.25, -0.2) is 29.0 Å². The quantitative estimate of drug-likeness (QED) is 0.173. The number of carbonyl (C=O) groups excluding carboxylic acids is 5. The molecule has 0 unspecified atom stereocenters. The molecule has 0 aliphatic rings. The van der Waals surface area contributed by atoms with Crippen LogP contribution in [-0.2, 0) is 19.2 Å². The molecule has 0 saturated carbocycles. The Balaban J connectivity index is 0.000000157. The third-order valence-corrected chi connectivity index (χ3v) is 9.96. The van der Waals surface area contributed by atoms with Crippen molar-refractivity contribution in [1.29, 1.82) is 0 Å². The number of anilines is 1. The largest absolute Gasteiger partial charge is 0.373 e. The Morgan fingerprint density at radius 1 is 0.523 bits per heavy atom. The van der Waals surface area contributed by atoms with Crippen molar-refractivity contribution in [2.45, 2.75) is 20.8 Å². The maximum Gasteiger partial charge on any atom is 0.373 e. The van der Waals surface area contributed by atoms with E-state index in [1.807, 2.05) is 139 Å². The Morgan fingerprint density at radius 3 is 1.52 bits per heavy atom. The summed E-state index contributed by atoms with van der Waals surface area (Å²) in [5, 5.41) is 20.6. The van der Waals surface area contributed by atoms with Crippen molar-refractivity contribution in [2.24, 2.45) is 0 Å². The molecule has 0 fully saturated rings. The monoisotopic (exact) mass is 902 g/mol. The first-order valence-corrected chi connectivity index (χ1v) is 20.2. The molecule has 0 atom stereocenters. The number of amides is 1. The second-order valence-electron chi connectivity index (χ2n) is 13.6. The SMILES string of the molecule is Cc1nn(-c2ccccc2)c2ncc(C(=O)Nc3ccc(Cl)cc3)cc12.Cc1nn(-c2ccccc2)c2nccc(Cl)c12.Cc1nn(-c2ccccc2)c2ncccc12.O=C=O.O=C=O. The van der Waals surface area contributed by atoms with Gasteiger partial charge in [0.25, 0.3) is 5.91 Å². The molecule has 0 aliphatic heterocycles. The van der Waals surface area contributed by atoms with Crippen LogP contribution >= 0.6 is 23.2 Å². The minimum Gasteiger partial charge on any atom is -0.322 e. The van der Waals surface area contributed by atoms with E-state index in [9.17, 15) is 4.79 Å². The van der Waals surface area contributed by atoms with Crippen molar-refractivity contribution in [3.63, 3.8) is 0 Å². The summed E-state index contributed by atoms with van der Waals surface area (Å²) in [5.74, 6) is -0.228. The fourth-order valence-electron chi connectivity index (χ4n) is 6.52. The lowest BCUT2D eigenvalue weighted by Crippen LogP contribution is -2.12. The molecule has 15 nitrogen and oxygen atoms in total. The summed E-state index contributed by atoms with van der Waals surface area (Å²) in [4.78, 5) is 58.2. The van der Waals surface area contributed by atoms with Gasteiger partial charge in [0.2, 0.25) is 0 Å². The summed E-state index contributed by atoms with van der Waals surface area (Å²) in [5.41, 5.74) is 9.24. The van der Waals surface area contributed by atoms with Gasteiger partial charge in [0.05, 0.1) is 50.1 Å². The smallest absolute Gasteiger partial charge is 0.322 e. The van der Waals surface area contributed by atoms with Crippen molar-refractivity contribution in [3.8, 4) is 17.1 Å². The van der Waals surface area contributed by atoms with Gasteiger partial charge >= 0.3 is 12.3 Å². The number of benzene rings is 4. The Hall–Kier alpha value is -8.45. The number of carbonyl (C=O) groups is 1. The lowest BCUT2D eigenvalue weighted by molar-refractivity contribution is -0.193. The van der Waals surface area contributed by atoms with E-state index in [4.69, 9.17) is 42.4 Å². The first-order valence-electron chi connectivity index (χ1n) is 19.5. The first kappa shape index (κ1) is 46.1. The molecule has 322 valence electrons. The summed E-state index contributed by atoms with van der Waals surface area (Å²) in [6, 6.07) is 44.3. The van der Waals surface area contributed by atoms with E-state index in [-0.39, 0.29) is 18.2 Å². The first-order chi connectivity index (χ1) is 31.6. The molecular formula is C48H36Cl2N10O5. The summed E-state index contributed by atoms with van der Waals surface area (Å²) in [7, 11) is 0. The van der Waals surface area contributed by atoms with E-state index in [1.165, 1.54) is 0 Å². The summed E-state index contributed by atoms with van der Waals surface area (Å²) in [6.07, 6.45) is 5.56. The van der Waals surface area contributed by atoms with Gasteiger partial charge in [0, 0.05) is 40.1 Å². The van der Waals surface area contributed by atoms with Crippen molar-refractivity contribution < 1.29 is 24.0 Å². The number of rotatable bonds is 5. The van der Waals surface area contributed by atoms with Gasteiger partial charge in [-0.3, -0.25) is 4.79 Å². The number of hydrogen-bond donors (Lipinski definition) is 1. The molecule has 17 heteroatoms. The molecule has 10 aromatic rings. The zero-order chi connectivity index (χ0) is 46.3. The van der Waals surface area contributed by atoms with Crippen LogP contribution in [-0.4, -0.2) is 62.5 Å². The van der Waals surface area contributed by atoms with Crippen LogP contribution in [0.2, 0.25) is 10.0 Å². The van der Waals surface area contributed by atoms with Crippen molar-refractivity contribution >= 4 is 80.2 Å². The number of pyridine rings is 3. The Labute approximate surface area is 380 Å². The number of halogens is 2. The average molecular weight is 904 g/mol. The summed E-state index contributed by atoms with van der Waals surface area (Å²) in [6.45, 7) is 5.85. The van der Waals surface area contributed by atoms with E-state index in [0.29, 0.717) is 21.3 Å². The Morgan fingerprint density at radius 2 is 0.985 bits per heavy atom. The highest BCUT2D eigenvalue weighted by Gasteiger charge is 2.15. The molecule has 65 heavy (non-hydrogen) atoms. The number of hydrogen-bond acceptors (Lipinski definition) is 11. The number of aromatic nitrogens is 9. The Kier molecular flexibility index (Phi) is 15.6. The van der Waals surface area contributed by atoms with E-state index < -0.39 is 0 Å². The minimum absolute atomic E-state index is 0.228. The van der Waals surface area contributed by atoms with Gasteiger partial charge in [-0.05, 0) is 106 Å². The number of para-hydroxylation sites is 3. The molecule has 0 radical (unpaired) electrons. The fourth-order valence-corrected chi connectivity index (χ4v) is 6.93. The third-order valence-electron chi connectivity index (χ3n) is 9.39. The maximum absolute atomic E-state index is 12.5. The molecule has 1 amide bonds. The van der Waals surface area contributed by atoms with Gasteiger partial charge in [-0.1, -0.05) is 77.8 Å². The van der Waals surface area contributed by atoms with Crippen LogP contribution in [0.5, 0.6) is 0 Å². The predicted molar refractivity (Wildman–Crippen MR) is 245 cm³/mol. The van der Waals surface area contributed by atoms with Crippen LogP contribution in [0.4, 0.5) is 5.69 Å². The van der Waals surface area contributed by atoms with Crippen LogP contribution in [0, 0.1) is 20.8 Å². The zero-order valence-corrected chi connectivity index (χ0v) is 36.3. The van der Waals surface area contributed by atoms with Gasteiger partial charge in [0.1, 0.15) is 0 Å². The average Bonchev–Trinajstić information content (AvgIpc) is 3.99. The van der Waals surface area contributed by atoms with Crippen LogP contribution in [0.15, 0.2) is 158 Å². The topological polar surface area (TPSA) is 190 Å². The second kappa shape index (κ2) is 22.1. The zero-order valence-electron chi connectivity index (χ0n) is 34.8. The Bertz CT molecular complexity index is 3240. The van der Waals surface area contributed by atoms with Crippen LogP contribution in [0.3, 0.4) is 0 Å². The van der Waals surface area contributed by atoms with Gasteiger partial charge in [0.15, 0.2) is 16.9 Å². The third kappa shape index (κ3) is 11.1. The normalized spacial score (nSPS) is 10.1. The molecule has 0 saturated heterocycles. The lowest BCUT2D eigenvalue weighted by Gasteiger charge is -2.06. The van der Waals surface area contributed by atoms with Gasteiger partial charge < -0.3 is 5.32 Å². The van der Waals surface area contributed by atoms with Crippen molar-refractivity contribution in [3.05, 3.63) is 191 Å². The highest BCUT2D eigenvalue weighted by atomic mass is 35.5. The molecule has 6 aromatic heterocycles. The summed E-state index contributed by atoms with van der Waals surface area (Å²) < 4.78 is 5.48. The number of fused-ring (bicyclic) bond motifs is 3. The molecule has 0 spiro atoms. The van der Waals surface area contributed by atoms with Crippen molar-refractivity contribution in [2.75, 3.05) is 5.32 Å². The number of nitrogens with zero attached hydrogens (tertiary/aromatic N) is 9. The van der Waals surface area contributed by atoms with Gasteiger partial charge in [-0.2, -0.15) is 34.5 Å². The molecule has 0 bridgehead atoms. The van der Waals surface area contributed by atoms with E-state index in [2.05, 4.69) is 35.6 Å². The van der Waals surface area contributed by atoms with Crippen LogP contribution < -0.4 is 5.32 Å². The highest BCUT2D eigenvalue weighted by molar-refractivity contribution is 6.35. The lowest BCUT2D eigenvalue weighted by atomic mass is 10.2. The van der Waals surface area contributed by atoms with E-state index in [0.717, 1.165) is 67.2 Å².